The van der Waals surface area contributed by atoms with Crippen molar-refractivity contribution in [1.82, 2.24) is 10.6 Å². The fourth-order valence-corrected chi connectivity index (χ4v) is 3.42. The molecule has 1 aromatic carbocycles. The number of nitrogens with one attached hydrogen (secondary N) is 2. The van der Waals surface area contributed by atoms with Crippen LogP contribution in [0.15, 0.2) is 35.5 Å². The first-order valence-electron chi connectivity index (χ1n) is 9.30. The summed E-state index contributed by atoms with van der Waals surface area (Å²) in [6.45, 7) is 4.01. The first kappa shape index (κ1) is 18.3. The van der Waals surface area contributed by atoms with E-state index in [4.69, 9.17) is 9.47 Å². The molecule has 2 aliphatic rings. The third-order valence-electron chi connectivity index (χ3n) is 4.74. The summed E-state index contributed by atoms with van der Waals surface area (Å²) >= 11 is 0. The van der Waals surface area contributed by atoms with Crippen LogP contribution < -0.4 is 15.4 Å². The zero-order valence-corrected chi connectivity index (χ0v) is 15.3. The molecule has 3 rings (SSSR count). The van der Waals surface area contributed by atoms with E-state index in [1.807, 2.05) is 31.2 Å². The number of hydrogen-bond donors (Lipinski definition) is 2. The highest BCUT2D eigenvalue weighted by molar-refractivity contribution is 5.95. The molecular weight excluding hydrogens is 332 g/mol. The van der Waals surface area contributed by atoms with Gasteiger partial charge in [-0.05, 0) is 56.7 Å². The van der Waals surface area contributed by atoms with Crippen LogP contribution in [-0.4, -0.2) is 24.7 Å². The second kappa shape index (κ2) is 8.25. The van der Waals surface area contributed by atoms with E-state index >= 15 is 0 Å². The van der Waals surface area contributed by atoms with Crippen molar-refractivity contribution in [3.05, 3.63) is 41.1 Å². The van der Waals surface area contributed by atoms with Gasteiger partial charge in [0.25, 0.3) is 0 Å². The lowest BCUT2D eigenvalue weighted by Gasteiger charge is -2.28. The van der Waals surface area contributed by atoms with Crippen LogP contribution >= 0.6 is 0 Å². The smallest absolute Gasteiger partial charge is 0.338 e. The van der Waals surface area contributed by atoms with Crippen LogP contribution in [0.3, 0.4) is 0 Å². The van der Waals surface area contributed by atoms with Gasteiger partial charge in [0.05, 0.1) is 24.3 Å². The van der Waals surface area contributed by atoms with E-state index in [1.54, 1.807) is 6.92 Å². The lowest BCUT2D eigenvalue weighted by Crippen LogP contribution is -2.45. The van der Waals surface area contributed by atoms with Crippen LogP contribution in [0.4, 0.5) is 4.79 Å². The second-order valence-electron chi connectivity index (χ2n) is 6.80. The molecule has 0 aromatic heterocycles. The van der Waals surface area contributed by atoms with Crippen LogP contribution in [0, 0.1) is 0 Å². The molecule has 0 bridgehead atoms. The molecule has 2 amide bonds. The van der Waals surface area contributed by atoms with E-state index in [2.05, 4.69) is 10.6 Å². The van der Waals surface area contributed by atoms with Crippen LogP contribution in [-0.2, 0) is 9.53 Å². The monoisotopic (exact) mass is 358 g/mol. The van der Waals surface area contributed by atoms with E-state index in [0.717, 1.165) is 30.6 Å². The molecule has 1 aliphatic carbocycles. The molecule has 1 aromatic rings. The predicted octanol–water partition coefficient (Wildman–Crippen LogP) is 3.59. The Morgan fingerprint density at radius 1 is 1.19 bits per heavy atom. The van der Waals surface area contributed by atoms with Gasteiger partial charge >= 0.3 is 12.0 Å². The molecular formula is C20H26N2O4. The number of ether oxygens (including phenoxy) is 2. The average Bonchev–Trinajstić information content (AvgIpc) is 3.12. The van der Waals surface area contributed by atoms with Crippen molar-refractivity contribution < 1.29 is 19.1 Å². The van der Waals surface area contributed by atoms with Crippen molar-refractivity contribution in [1.29, 1.82) is 0 Å². The molecule has 1 fully saturated rings. The second-order valence-corrected chi connectivity index (χ2v) is 6.80. The van der Waals surface area contributed by atoms with E-state index in [9.17, 15) is 9.59 Å². The summed E-state index contributed by atoms with van der Waals surface area (Å²) in [5.41, 5.74) is 1.77. The molecule has 1 aliphatic heterocycles. The van der Waals surface area contributed by atoms with E-state index < -0.39 is 12.0 Å². The van der Waals surface area contributed by atoms with Gasteiger partial charge in [-0.15, -0.1) is 0 Å². The number of rotatable bonds is 6. The Labute approximate surface area is 153 Å². The molecule has 1 unspecified atom stereocenters. The largest absolute Gasteiger partial charge is 0.490 e. The Bertz CT molecular complexity index is 690. The third kappa shape index (κ3) is 4.18. The minimum Gasteiger partial charge on any atom is -0.490 e. The quantitative estimate of drug-likeness (QED) is 0.762. The summed E-state index contributed by atoms with van der Waals surface area (Å²) in [4.78, 5) is 24.4. The van der Waals surface area contributed by atoms with Gasteiger partial charge in [0.15, 0.2) is 0 Å². The van der Waals surface area contributed by atoms with Crippen molar-refractivity contribution in [2.24, 2.45) is 0 Å². The Kier molecular flexibility index (Phi) is 5.81. The van der Waals surface area contributed by atoms with Crippen LogP contribution in [0.2, 0.25) is 0 Å². The maximum Gasteiger partial charge on any atom is 0.338 e. The highest BCUT2D eigenvalue weighted by Crippen LogP contribution is 2.30. The number of urea groups is 1. The molecule has 2 N–H and O–H groups in total. The van der Waals surface area contributed by atoms with Crippen LogP contribution in [0.1, 0.15) is 57.6 Å². The highest BCUT2D eigenvalue weighted by Gasteiger charge is 2.32. The normalized spacial score (nSPS) is 20.5. The van der Waals surface area contributed by atoms with Gasteiger partial charge in [-0.25, -0.2) is 9.59 Å². The van der Waals surface area contributed by atoms with E-state index in [1.165, 1.54) is 12.8 Å². The number of hydrogen-bond acceptors (Lipinski definition) is 4. The Morgan fingerprint density at radius 3 is 2.54 bits per heavy atom. The Morgan fingerprint density at radius 2 is 1.88 bits per heavy atom. The molecule has 6 heteroatoms. The number of benzene rings is 1. The molecule has 6 nitrogen and oxygen atoms in total. The molecule has 140 valence electrons. The topological polar surface area (TPSA) is 76.7 Å². The lowest BCUT2D eigenvalue weighted by molar-refractivity contribution is -0.139. The molecule has 1 heterocycles. The van der Waals surface area contributed by atoms with Crippen molar-refractivity contribution in [3.8, 4) is 5.75 Å². The van der Waals surface area contributed by atoms with Gasteiger partial charge in [-0.1, -0.05) is 19.1 Å². The molecule has 1 saturated carbocycles. The van der Waals surface area contributed by atoms with Crippen molar-refractivity contribution in [2.45, 2.75) is 58.1 Å². The third-order valence-corrected chi connectivity index (χ3v) is 4.74. The minimum absolute atomic E-state index is 0.293. The van der Waals surface area contributed by atoms with Gasteiger partial charge in [-0.2, -0.15) is 0 Å². The predicted molar refractivity (Wildman–Crippen MR) is 97.7 cm³/mol. The maximum absolute atomic E-state index is 12.5. The van der Waals surface area contributed by atoms with Gasteiger partial charge in [-0.3, -0.25) is 0 Å². The van der Waals surface area contributed by atoms with Crippen molar-refractivity contribution in [2.75, 3.05) is 6.61 Å². The molecule has 0 spiro atoms. The van der Waals surface area contributed by atoms with Crippen LogP contribution in [0.25, 0.3) is 0 Å². The maximum atomic E-state index is 12.5. The molecule has 0 radical (unpaired) electrons. The molecule has 1 atom stereocenters. The highest BCUT2D eigenvalue weighted by atomic mass is 16.5. The summed E-state index contributed by atoms with van der Waals surface area (Å²) in [7, 11) is 0. The summed E-state index contributed by atoms with van der Waals surface area (Å²) < 4.78 is 11.3. The average molecular weight is 358 g/mol. The first-order valence-corrected chi connectivity index (χ1v) is 9.30. The number of esters is 1. The molecule has 0 saturated heterocycles. The van der Waals surface area contributed by atoms with Crippen LogP contribution in [0.5, 0.6) is 5.75 Å². The summed E-state index contributed by atoms with van der Waals surface area (Å²) in [5.74, 6) is 0.407. The zero-order chi connectivity index (χ0) is 18.5. The van der Waals surface area contributed by atoms with Crippen molar-refractivity contribution in [3.63, 3.8) is 0 Å². The van der Waals surface area contributed by atoms with Gasteiger partial charge in [0.1, 0.15) is 5.75 Å². The van der Waals surface area contributed by atoms with E-state index in [-0.39, 0.29) is 6.03 Å². The summed E-state index contributed by atoms with van der Waals surface area (Å²) in [5, 5.41) is 5.46. The number of carbonyl (C=O) groups is 2. The number of carbonyl (C=O) groups excluding carboxylic acids is 2. The SMILES string of the molecule is CCCOC(=O)C1=C(C)NC(=O)NC1c1ccc(OC2CCCC2)cc1. The lowest BCUT2D eigenvalue weighted by atomic mass is 9.95. The van der Waals surface area contributed by atoms with E-state index in [0.29, 0.717) is 24.0 Å². The standard InChI is InChI=1S/C20H26N2O4/c1-3-12-25-19(23)17-13(2)21-20(24)22-18(17)14-8-10-16(11-9-14)26-15-6-4-5-7-15/h8-11,15,18H,3-7,12H2,1-2H3,(H2,21,22,24). The minimum atomic E-state index is -0.534. The van der Waals surface area contributed by atoms with Gasteiger partial charge in [0.2, 0.25) is 0 Å². The van der Waals surface area contributed by atoms with Crippen molar-refractivity contribution >= 4 is 12.0 Å². The van der Waals surface area contributed by atoms with Gasteiger partial charge < -0.3 is 20.1 Å². The fourth-order valence-electron chi connectivity index (χ4n) is 3.42. The summed E-state index contributed by atoms with van der Waals surface area (Å²) in [6, 6.07) is 6.71. The number of allylic oxidation sites excluding steroid dienone is 1. The number of amides is 2. The Balaban J connectivity index is 1.79. The Hall–Kier alpha value is -2.50. The van der Waals surface area contributed by atoms with Gasteiger partial charge in [0, 0.05) is 5.70 Å². The summed E-state index contributed by atoms with van der Waals surface area (Å²) in [6.07, 6.45) is 5.67. The zero-order valence-electron chi connectivity index (χ0n) is 15.3. The first-order chi connectivity index (χ1) is 12.6. The fraction of sp³-hybridized carbons (Fsp3) is 0.500. The molecule has 26 heavy (non-hydrogen) atoms.